The Morgan fingerprint density at radius 3 is 2.47 bits per heavy atom. The minimum Gasteiger partial charge on any atom is -0.496 e. The summed E-state index contributed by atoms with van der Waals surface area (Å²) in [6, 6.07) is 4.18. The van der Waals surface area contributed by atoms with Crippen molar-refractivity contribution in [3.63, 3.8) is 0 Å². The van der Waals surface area contributed by atoms with Gasteiger partial charge in [0.05, 0.1) is 12.7 Å². The molecule has 0 fully saturated rings. The summed E-state index contributed by atoms with van der Waals surface area (Å²) in [5, 5.41) is 1.87. The molecule has 0 aliphatic carbocycles. The van der Waals surface area contributed by atoms with Crippen molar-refractivity contribution in [2.24, 2.45) is 0 Å². The van der Waals surface area contributed by atoms with Gasteiger partial charge in [0.25, 0.3) is 5.91 Å². The SMILES string of the molecule is COc1ccccc1C(=O)NC(C)C(F)(F)F. The van der Waals surface area contributed by atoms with Crippen LogP contribution in [0.1, 0.15) is 17.3 Å². The number of carbonyl (C=O) groups is 1. The number of benzene rings is 1. The average molecular weight is 247 g/mol. The Morgan fingerprint density at radius 1 is 1.35 bits per heavy atom. The van der Waals surface area contributed by atoms with Gasteiger partial charge < -0.3 is 10.1 Å². The lowest BCUT2D eigenvalue weighted by Gasteiger charge is -2.17. The Bertz CT molecular complexity index is 404. The lowest BCUT2D eigenvalue weighted by Crippen LogP contribution is -2.43. The van der Waals surface area contributed by atoms with E-state index in [-0.39, 0.29) is 11.3 Å². The minimum absolute atomic E-state index is 0.0751. The summed E-state index contributed by atoms with van der Waals surface area (Å²) in [5.41, 5.74) is 0.0751. The smallest absolute Gasteiger partial charge is 0.408 e. The molecule has 1 N–H and O–H groups in total. The van der Waals surface area contributed by atoms with E-state index in [9.17, 15) is 18.0 Å². The molecule has 1 aromatic carbocycles. The van der Waals surface area contributed by atoms with Crippen LogP contribution in [0.3, 0.4) is 0 Å². The van der Waals surface area contributed by atoms with Crippen LogP contribution in [0, 0.1) is 0 Å². The summed E-state index contributed by atoms with van der Waals surface area (Å²) in [6.07, 6.45) is -4.46. The van der Waals surface area contributed by atoms with Gasteiger partial charge in [0.2, 0.25) is 0 Å². The third kappa shape index (κ3) is 3.37. The highest BCUT2D eigenvalue weighted by molar-refractivity contribution is 5.97. The molecule has 3 nitrogen and oxygen atoms in total. The van der Waals surface area contributed by atoms with Crippen molar-refractivity contribution < 1.29 is 22.7 Å². The molecule has 1 aromatic rings. The van der Waals surface area contributed by atoms with Crippen molar-refractivity contribution in [2.75, 3.05) is 7.11 Å². The second-order valence-corrected chi connectivity index (χ2v) is 3.44. The number of methoxy groups -OCH3 is 1. The van der Waals surface area contributed by atoms with Crippen LogP contribution in [0.5, 0.6) is 5.75 Å². The second kappa shape index (κ2) is 5.07. The van der Waals surface area contributed by atoms with Crippen LogP contribution in [0.4, 0.5) is 13.2 Å². The van der Waals surface area contributed by atoms with E-state index in [1.54, 1.807) is 12.1 Å². The van der Waals surface area contributed by atoms with Crippen LogP contribution in [0.15, 0.2) is 24.3 Å². The number of carbonyl (C=O) groups excluding carboxylic acids is 1. The van der Waals surface area contributed by atoms with Crippen molar-refractivity contribution >= 4 is 5.91 Å². The fraction of sp³-hybridized carbons (Fsp3) is 0.364. The third-order valence-electron chi connectivity index (χ3n) is 2.19. The first-order chi connectivity index (χ1) is 7.86. The number of rotatable bonds is 3. The van der Waals surface area contributed by atoms with Gasteiger partial charge in [-0.15, -0.1) is 0 Å². The minimum atomic E-state index is -4.46. The maximum absolute atomic E-state index is 12.3. The predicted molar refractivity (Wildman–Crippen MR) is 56.0 cm³/mol. The molecule has 1 rings (SSSR count). The van der Waals surface area contributed by atoms with E-state index in [4.69, 9.17) is 4.74 Å². The molecule has 1 amide bonds. The van der Waals surface area contributed by atoms with Crippen LogP contribution in [0.25, 0.3) is 0 Å². The van der Waals surface area contributed by atoms with E-state index in [0.29, 0.717) is 0 Å². The first-order valence-electron chi connectivity index (χ1n) is 4.87. The number of ether oxygens (including phenoxy) is 1. The fourth-order valence-electron chi connectivity index (χ4n) is 1.19. The Balaban J connectivity index is 2.84. The van der Waals surface area contributed by atoms with Gasteiger partial charge in [0.15, 0.2) is 0 Å². The average Bonchev–Trinajstić information content (AvgIpc) is 2.27. The van der Waals surface area contributed by atoms with Crippen molar-refractivity contribution in [1.29, 1.82) is 0 Å². The monoisotopic (exact) mass is 247 g/mol. The van der Waals surface area contributed by atoms with E-state index in [2.05, 4.69) is 0 Å². The lowest BCUT2D eigenvalue weighted by atomic mass is 10.1. The summed E-state index contributed by atoms with van der Waals surface area (Å²) in [4.78, 5) is 11.6. The normalized spacial score (nSPS) is 13.0. The molecule has 17 heavy (non-hydrogen) atoms. The van der Waals surface area contributed by atoms with Crippen molar-refractivity contribution in [2.45, 2.75) is 19.1 Å². The molecule has 1 unspecified atom stereocenters. The lowest BCUT2D eigenvalue weighted by molar-refractivity contribution is -0.149. The topological polar surface area (TPSA) is 38.3 Å². The van der Waals surface area contributed by atoms with Crippen LogP contribution >= 0.6 is 0 Å². The molecule has 0 bridgehead atoms. The van der Waals surface area contributed by atoms with Crippen molar-refractivity contribution in [3.8, 4) is 5.75 Å². The molecule has 6 heteroatoms. The highest BCUT2D eigenvalue weighted by Crippen LogP contribution is 2.21. The Morgan fingerprint density at radius 2 is 1.94 bits per heavy atom. The number of halogens is 3. The molecular formula is C11H12F3NO2. The number of hydrogen-bond donors (Lipinski definition) is 1. The van der Waals surface area contributed by atoms with E-state index in [1.165, 1.54) is 19.2 Å². The number of para-hydroxylation sites is 1. The Kier molecular flexibility index (Phi) is 3.98. The maximum Gasteiger partial charge on any atom is 0.408 e. The standard InChI is InChI=1S/C11H12F3NO2/c1-7(11(12,13)14)15-10(16)8-5-3-4-6-9(8)17-2/h3-7H,1-2H3,(H,15,16). The molecule has 1 atom stereocenters. The molecule has 0 radical (unpaired) electrons. The number of amides is 1. The van der Waals surface area contributed by atoms with Crippen molar-refractivity contribution in [1.82, 2.24) is 5.32 Å². The van der Waals surface area contributed by atoms with Gasteiger partial charge in [0, 0.05) is 0 Å². The Labute approximate surface area is 96.6 Å². The molecule has 0 spiro atoms. The van der Waals surface area contributed by atoms with Gasteiger partial charge in [-0.3, -0.25) is 4.79 Å². The molecule has 0 saturated heterocycles. The van der Waals surface area contributed by atoms with Crippen LogP contribution < -0.4 is 10.1 Å². The molecule has 0 aliphatic heterocycles. The van der Waals surface area contributed by atoms with Gasteiger partial charge in [0.1, 0.15) is 11.8 Å². The number of nitrogens with one attached hydrogen (secondary N) is 1. The van der Waals surface area contributed by atoms with Gasteiger partial charge in [-0.2, -0.15) is 13.2 Å². The highest BCUT2D eigenvalue weighted by atomic mass is 19.4. The summed E-state index contributed by atoms with van der Waals surface area (Å²) in [6.45, 7) is 0.882. The first-order valence-corrected chi connectivity index (χ1v) is 4.87. The number of alkyl halides is 3. The first kappa shape index (κ1) is 13.3. The second-order valence-electron chi connectivity index (χ2n) is 3.44. The molecule has 0 aromatic heterocycles. The molecule has 94 valence electrons. The zero-order valence-corrected chi connectivity index (χ0v) is 9.34. The van der Waals surface area contributed by atoms with E-state index in [0.717, 1.165) is 6.92 Å². The molecule has 0 heterocycles. The largest absolute Gasteiger partial charge is 0.496 e. The zero-order chi connectivity index (χ0) is 13.1. The van der Waals surface area contributed by atoms with E-state index in [1.807, 2.05) is 5.32 Å². The summed E-state index contributed by atoms with van der Waals surface area (Å²) in [7, 11) is 1.35. The summed E-state index contributed by atoms with van der Waals surface area (Å²) in [5.74, 6) is -0.577. The van der Waals surface area contributed by atoms with Gasteiger partial charge in [-0.1, -0.05) is 12.1 Å². The summed E-state index contributed by atoms with van der Waals surface area (Å²) < 4.78 is 41.7. The van der Waals surface area contributed by atoms with Gasteiger partial charge in [-0.05, 0) is 19.1 Å². The van der Waals surface area contributed by atoms with Gasteiger partial charge in [-0.25, -0.2) is 0 Å². The van der Waals surface area contributed by atoms with E-state index >= 15 is 0 Å². The van der Waals surface area contributed by atoms with Crippen LogP contribution in [0.2, 0.25) is 0 Å². The molecule has 0 saturated carbocycles. The van der Waals surface area contributed by atoms with Crippen LogP contribution in [-0.2, 0) is 0 Å². The Hall–Kier alpha value is -1.72. The van der Waals surface area contributed by atoms with Crippen molar-refractivity contribution in [3.05, 3.63) is 29.8 Å². The van der Waals surface area contributed by atoms with Crippen LogP contribution in [-0.4, -0.2) is 25.2 Å². The predicted octanol–water partition coefficient (Wildman–Crippen LogP) is 2.38. The van der Waals surface area contributed by atoms with E-state index < -0.39 is 18.1 Å². The molecule has 0 aliphatic rings. The maximum atomic E-state index is 12.3. The third-order valence-corrected chi connectivity index (χ3v) is 2.19. The quantitative estimate of drug-likeness (QED) is 0.890. The highest BCUT2D eigenvalue weighted by Gasteiger charge is 2.37. The molecular weight excluding hydrogens is 235 g/mol. The number of hydrogen-bond acceptors (Lipinski definition) is 2. The van der Waals surface area contributed by atoms with Gasteiger partial charge >= 0.3 is 6.18 Å². The summed E-state index contributed by atoms with van der Waals surface area (Å²) >= 11 is 0. The fourth-order valence-corrected chi connectivity index (χ4v) is 1.19. The zero-order valence-electron chi connectivity index (χ0n) is 9.34.